The van der Waals surface area contributed by atoms with Gasteiger partial charge in [-0.2, -0.15) is 0 Å². The molecule has 9 heteroatoms. The summed E-state index contributed by atoms with van der Waals surface area (Å²) in [6.07, 6.45) is 1.57. The van der Waals surface area contributed by atoms with Crippen LogP contribution < -0.4 is 16.2 Å². The molecule has 0 aliphatic heterocycles. The van der Waals surface area contributed by atoms with Gasteiger partial charge in [0.15, 0.2) is 0 Å². The molecule has 0 saturated carbocycles. The van der Waals surface area contributed by atoms with Crippen molar-refractivity contribution in [2.24, 2.45) is 0 Å². The minimum atomic E-state index is -0.553. The first kappa shape index (κ1) is 18.9. The third kappa shape index (κ3) is 3.89. The number of hydrogen-bond acceptors (Lipinski definition) is 4. The highest BCUT2D eigenvalue weighted by molar-refractivity contribution is 9.10. The maximum absolute atomic E-state index is 12.8. The van der Waals surface area contributed by atoms with E-state index in [2.05, 4.69) is 30.9 Å². The van der Waals surface area contributed by atoms with Crippen LogP contribution in [-0.4, -0.2) is 14.5 Å². The third-order valence-corrected chi connectivity index (χ3v) is 5.78. The van der Waals surface area contributed by atoms with Crippen LogP contribution in [0.3, 0.4) is 0 Å². The molecule has 0 aliphatic carbocycles. The van der Waals surface area contributed by atoms with Crippen molar-refractivity contribution < 1.29 is 4.98 Å². The third-order valence-electron chi connectivity index (χ3n) is 4.04. The predicted molar refractivity (Wildman–Crippen MR) is 113 cm³/mol. The number of rotatable bonds is 4. The van der Waals surface area contributed by atoms with E-state index < -0.39 is 11.2 Å². The van der Waals surface area contributed by atoms with E-state index >= 15 is 0 Å². The number of halogens is 2. The predicted octanol–water partition coefficient (Wildman–Crippen LogP) is 3.60. The second kappa shape index (κ2) is 7.90. The van der Waals surface area contributed by atoms with Crippen molar-refractivity contribution in [1.82, 2.24) is 14.5 Å². The Morgan fingerprint density at radius 2 is 1.82 bits per heavy atom. The van der Waals surface area contributed by atoms with Crippen LogP contribution in [-0.2, 0) is 5.75 Å². The normalized spacial score (nSPS) is 11.1. The highest BCUT2D eigenvalue weighted by Crippen LogP contribution is 2.20. The van der Waals surface area contributed by atoms with Crippen LogP contribution in [0.2, 0.25) is 5.02 Å². The maximum atomic E-state index is 12.8. The molecule has 2 aromatic heterocycles. The Morgan fingerprint density at radius 3 is 2.54 bits per heavy atom. The lowest BCUT2D eigenvalue weighted by atomic mass is 10.2. The first-order valence-electron chi connectivity index (χ1n) is 8.22. The van der Waals surface area contributed by atoms with Gasteiger partial charge in [-0.05, 0) is 58.7 Å². The standard InChI is InChI=1S/C19H12BrClN4O2S/c20-12-3-1-11(2-4-12)10-28-18-22-9-15-16(23-18)24-19(27)25(17(15)26)14-7-5-13(21)6-8-14/h1-9H,10H2,(H,22,23,24,27)/p+1. The number of H-pyrrole nitrogens is 2. The first-order valence-corrected chi connectivity index (χ1v) is 10.4. The van der Waals surface area contributed by atoms with Crippen molar-refractivity contribution >= 4 is 50.3 Å². The van der Waals surface area contributed by atoms with Crippen molar-refractivity contribution in [2.45, 2.75) is 10.9 Å². The molecule has 4 rings (SSSR count). The molecule has 0 bridgehead atoms. The summed E-state index contributed by atoms with van der Waals surface area (Å²) in [6, 6.07) is 14.5. The van der Waals surface area contributed by atoms with E-state index in [0.29, 0.717) is 27.0 Å². The Morgan fingerprint density at radius 1 is 1.11 bits per heavy atom. The number of fused-ring (bicyclic) bond motifs is 1. The van der Waals surface area contributed by atoms with Crippen LogP contribution in [0.5, 0.6) is 0 Å². The minimum Gasteiger partial charge on any atom is -0.270 e. The Hall–Kier alpha value is -2.42. The molecule has 0 saturated heterocycles. The van der Waals surface area contributed by atoms with E-state index in [9.17, 15) is 9.59 Å². The monoisotopic (exact) mass is 475 g/mol. The summed E-state index contributed by atoms with van der Waals surface area (Å²) >= 11 is 10.8. The lowest BCUT2D eigenvalue weighted by molar-refractivity contribution is -0.431. The van der Waals surface area contributed by atoms with Gasteiger partial charge in [0.2, 0.25) is 0 Å². The molecule has 0 amide bonds. The fourth-order valence-corrected chi connectivity index (χ4v) is 3.84. The van der Waals surface area contributed by atoms with Gasteiger partial charge in [0.1, 0.15) is 11.6 Å². The molecule has 6 nitrogen and oxygen atoms in total. The van der Waals surface area contributed by atoms with E-state index in [0.717, 1.165) is 14.6 Å². The number of nitrogens with zero attached hydrogens (tertiary/aromatic N) is 2. The van der Waals surface area contributed by atoms with Crippen LogP contribution in [0.1, 0.15) is 5.56 Å². The van der Waals surface area contributed by atoms with Gasteiger partial charge >= 0.3 is 10.8 Å². The maximum Gasteiger partial charge on any atom is 0.359 e. The zero-order valence-corrected chi connectivity index (χ0v) is 17.4. The summed E-state index contributed by atoms with van der Waals surface area (Å²) in [4.78, 5) is 35.4. The number of hydrogen-bond donors (Lipinski definition) is 1. The average Bonchev–Trinajstić information content (AvgIpc) is 2.69. The molecule has 4 aromatic rings. The molecule has 140 valence electrons. The molecular formula is C19H13BrClN4O2S+. The quantitative estimate of drug-likeness (QED) is 0.360. The van der Waals surface area contributed by atoms with Crippen molar-refractivity contribution in [1.29, 1.82) is 0 Å². The van der Waals surface area contributed by atoms with Gasteiger partial charge < -0.3 is 0 Å². The molecule has 2 N–H and O–H groups in total. The molecule has 0 atom stereocenters. The molecule has 0 radical (unpaired) electrons. The molecule has 28 heavy (non-hydrogen) atoms. The molecule has 2 aromatic carbocycles. The SMILES string of the molecule is O=c1[nH]c2nc(SCc3ccc(Br)cc3)[nH+]cc2c(=O)n1-c1ccc(Cl)cc1. The lowest BCUT2D eigenvalue weighted by Crippen LogP contribution is -2.34. The fraction of sp³-hybridized carbons (Fsp3) is 0.0526. The Balaban J connectivity index is 1.68. The Labute approximate surface area is 176 Å². The van der Waals surface area contributed by atoms with Crippen molar-refractivity contribution in [3.63, 3.8) is 0 Å². The summed E-state index contributed by atoms with van der Waals surface area (Å²) in [5, 5.41) is 1.42. The molecular weight excluding hydrogens is 464 g/mol. The minimum absolute atomic E-state index is 0.247. The number of aromatic nitrogens is 4. The average molecular weight is 477 g/mol. The van der Waals surface area contributed by atoms with E-state index in [-0.39, 0.29) is 5.65 Å². The second-order valence-corrected chi connectivity index (χ2v) is 8.25. The van der Waals surface area contributed by atoms with Crippen LogP contribution in [0.4, 0.5) is 0 Å². The highest BCUT2D eigenvalue weighted by Gasteiger charge is 2.17. The second-order valence-electron chi connectivity index (χ2n) is 5.93. The van der Waals surface area contributed by atoms with E-state index in [4.69, 9.17) is 11.6 Å². The van der Waals surface area contributed by atoms with Crippen LogP contribution in [0.25, 0.3) is 16.7 Å². The Bertz CT molecular complexity index is 1270. The zero-order chi connectivity index (χ0) is 19.7. The summed E-state index contributed by atoms with van der Waals surface area (Å²) < 4.78 is 2.08. The summed E-state index contributed by atoms with van der Waals surface area (Å²) in [5.74, 6) is 0.703. The van der Waals surface area contributed by atoms with Gasteiger partial charge in [-0.1, -0.05) is 39.7 Å². The fourth-order valence-electron chi connectivity index (χ4n) is 2.66. The van der Waals surface area contributed by atoms with E-state index in [1.807, 2.05) is 24.3 Å². The van der Waals surface area contributed by atoms with E-state index in [1.54, 1.807) is 30.5 Å². The van der Waals surface area contributed by atoms with Crippen LogP contribution in [0, 0.1) is 0 Å². The molecule has 2 heterocycles. The smallest absolute Gasteiger partial charge is 0.270 e. The van der Waals surface area contributed by atoms with Crippen molar-refractivity contribution in [2.75, 3.05) is 0 Å². The molecule has 0 fully saturated rings. The van der Waals surface area contributed by atoms with E-state index in [1.165, 1.54) is 11.8 Å². The molecule has 0 unspecified atom stereocenters. The zero-order valence-electron chi connectivity index (χ0n) is 14.3. The molecule has 0 aliphatic rings. The lowest BCUT2D eigenvalue weighted by Gasteiger charge is -2.04. The van der Waals surface area contributed by atoms with Gasteiger partial charge in [-0.15, -0.1) is 0 Å². The largest absolute Gasteiger partial charge is 0.359 e. The number of benzene rings is 2. The van der Waals surface area contributed by atoms with Gasteiger partial charge in [-0.25, -0.2) is 14.3 Å². The van der Waals surface area contributed by atoms with Gasteiger partial charge in [0.25, 0.3) is 11.2 Å². The summed E-state index contributed by atoms with van der Waals surface area (Å²) in [6.45, 7) is 0. The number of thioether (sulfide) groups is 1. The van der Waals surface area contributed by atoms with Gasteiger partial charge in [0, 0.05) is 15.2 Å². The van der Waals surface area contributed by atoms with Gasteiger partial charge in [-0.3, -0.25) is 9.78 Å². The van der Waals surface area contributed by atoms with Crippen molar-refractivity contribution in [3.05, 3.63) is 90.6 Å². The molecule has 0 spiro atoms. The summed E-state index contributed by atoms with van der Waals surface area (Å²) in [7, 11) is 0. The number of aromatic amines is 2. The van der Waals surface area contributed by atoms with Crippen LogP contribution >= 0.6 is 39.3 Å². The first-order chi connectivity index (χ1) is 13.5. The number of nitrogens with one attached hydrogen (secondary N) is 2. The van der Waals surface area contributed by atoms with Gasteiger partial charge in [0.05, 0.1) is 5.69 Å². The Kier molecular flexibility index (Phi) is 5.34. The van der Waals surface area contributed by atoms with Crippen molar-refractivity contribution in [3.8, 4) is 5.69 Å². The highest BCUT2D eigenvalue weighted by atomic mass is 79.9. The topological polar surface area (TPSA) is 81.9 Å². The summed E-state index contributed by atoms with van der Waals surface area (Å²) in [5.41, 5.74) is 0.815. The van der Waals surface area contributed by atoms with Crippen LogP contribution in [0.15, 0.2) is 73.9 Å².